The number of fused-ring (bicyclic) bond motifs is 1. The molecule has 0 atom stereocenters. The SMILES string of the molecule is CC(C)NC(=S)NCC1(c2ccc3c(c2)OCO3)CCCCC1. The quantitative estimate of drug-likeness (QED) is 0.825. The molecule has 1 aromatic rings. The van der Waals surface area contributed by atoms with Crippen LogP contribution in [0.2, 0.25) is 0 Å². The van der Waals surface area contributed by atoms with Crippen molar-refractivity contribution in [1.29, 1.82) is 0 Å². The summed E-state index contributed by atoms with van der Waals surface area (Å²) in [5.74, 6) is 1.72. The first-order valence-electron chi connectivity index (χ1n) is 8.54. The first kappa shape index (κ1) is 16.4. The van der Waals surface area contributed by atoms with Crippen molar-refractivity contribution in [3.8, 4) is 11.5 Å². The van der Waals surface area contributed by atoms with Crippen molar-refractivity contribution in [3.05, 3.63) is 23.8 Å². The minimum absolute atomic E-state index is 0.127. The van der Waals surface area contributed by atoms with Crippen molar-refractivity contribution in [2.24, 2.45) is 0 Å². The van der Waals surface area contributed by atoms with Crippen LogP contribution < -0.4 is 20.1 Å². The van der Waals surface area contributed by atoms with Crippen LogP contribution in [0, 0.1) is 0 Å². The zero-order chi connectivity index (χ0) is 16.3. The van der Waals surface area contributed by atoms with Gasteiger partial charge < -0.3 is 20.1 Å². The van der Waals surface area contributed by atoms with E-state index in [1.165, 1.54) is 37.7 Å². The van der Waals surface area contributed by atoms with E-state index in [1.54, 1.807) is 0 Å². The molecule has 0 aromatic heterocycles. The molecule has 1 aliphatic carbocycles. The van der Waals surface area contributed by atoms with Crippen LogP contribution in [0.5, 0.6) is 11.5 Å². The molecule has 1 heterocycles. The van der Waals surface area contributed by atoms with Crippen LogP contribution in [0.3, 0.4) is 0 Å². The molecule has 0 radical (unpaired) electrons. The zero-order valence-corrected chi connectivity index (χ0v) is 14.8. The van der Waals surface area contributed by atoms with E-state index in [9.17, 15) is 0 Å². The fraction of sp³-hybridized carbons (Fsp3) is 0.611. The fourth-order valence-corrected chi connectivity index (χ4v) is 3.89. The van der Waals surface area contributed by atoms with E-state index in [-0.39, 0.29) is 5.41 Å². The summed E-state index contributed by atoms with van der Waals surface area (Å²) in [7, 11) is 0. The number of hydrogen-bond donors (Lipinski definition) is 2. The highest BCUT2D eigenvalue weighted by Gasteiger charge is 2.35. The molecule has 126 valence electrons. The zero-order valence-electron chi connectivity index (χ0n) is 14.0. The molecule has 1 aromatic carbocycles. The smallest absolute Gasteiger partial charge is 0.231 e. The van der Waals surface area contributed by atoms with Crippen molar-refractivity contribution in [3.63, 3.8) is 0 Å². The Morgan fingerprint density at radius 2 is 1.91 bits per heavy atom. The predicted octanol–water partition coefficient (Wildman–Crippen LogP) is 3.49. The van der Waals surface area contributed by atoms with Gasteiger partial charge in [0.05, 0.1) is 0 Å². The summed E-state index contributed by atoms with van der Waals surface area (Å²) < 4.78 is 11.0. The van der Waals surface area contributed by atoms with E-state index >= 15 is 0 Å². The van der Waals surface area contributed by atoms with E-state index < -0.39 is 0 Å². The largest absolute Gasteiger partial charge is 0.454 e. The topological polar surface area (TPSA) is 42.5 Å². The summed E-state index contributed by atoms with van der Waals surface area (Å²) >= 11 is 5.41. The average Bonchev–Trinajstić information content (AvgIpc) is 3.01. The summed E-state index contributed by atoms with van der Waals surface area (Å²) in [5.41, 5.74) is 1.46. The van der Waals surface area contributed by atoms with Gasteiger partial charge in [0.25, 0.3) is 0 Å². The Morgan fingerprint density at radius 1 is 1.17 bits per heavy atom. The maximum absolute atomic E-state index is 5.57. The molecular formula is C18H26N2O2S. The van der Waals surface area contributed by atoms with Gasteiger partial charge in [0.15, 0.2) is 16.6 Å². The predicted molar refractivity (Wildman–Crippen MR) is 96.2 cm³/mol. The van der Waals surface area contributed by atoms with Crippen molar-refractivity contribution >= 4 is 17.3 Å². The normalized spacial score (nSPS) is 18.7. The first-order chi connectivity index (χ1) is 11.1. The molecule has 1 saturated carbocycles. The molecule has 4 nitrogen and oxygen atoms in total. The van der Waals surface area contributed by atoms with Gasteiger partial charge >= 0.3 is 0 Å². The molecule has 23 heavy (non-hydrogen) atoms. The monoisotopic (exact) mass is 334 g/mol. The summed E-state index contributed by atoms with van der Waals surface area (Å²) in [6.45, 7) is 5.39. The van der Waals surface area contributed by atoms with Gasteiger partial charge in [-0.3, -0.25) is 0 Å². The fourth-order valence-electron chi connectivity index (χ4n) is 3.59. The second-order valence-electron chi connectivity index (χ2n) is 6.89. The molecule has 0 bridgehead atoms. The van der Waals surface area contributed by atoms with Gasteiger partial charge in [-0.2, -0.15) is 0 Å². The number of hydrogen-bond acceptors (Lipinski definition) is 3. The van der Waals surface area contributed by atoms with Gasteiger partial charge in [-0.05, 0) is 56.6 Å². The van der Waals surface area contributed by atoms with Crippen LogP contribution in [0.1, 0.15) is 51.5 Å². The van der Waals surface area contributed by atoms with Crippen LogP contribution in [0.25, 0.3) is 0 Å². The minimum Gasteiger partial charge on any atom is -0.454 e. The summed E-state index contributed by atoms with van der Waals surface area (Å²) in [4.78, 5) is 0. The van der Waals surface area contributed by atoms with E-state index in [0.717, 1.165) is 23.2 Å². The number of ether oxygens (including phenoxy) is 2. The summed E-state index contributed by atoms with van der Waals surface area (Å²) in [6, 6.07) is 6.75. The lowest BCUT2D eigenvalue weighted by Crippen LogP contribution is -2.47. The second kappa shape index (κ2) is 6.95. The van der Waals surface area contributed by atoms with Gasteiger partial charge in [0.1, 0.15) is 0 Å². The van der Waals surface area contributed by atoms with Crippen molar-refractivity contribution in [2.75, 3.05) is 13.3 Å². The Kier molecular flexibility index (Phi) is 4.95. The molecular weight excluding hydrogens is 308 g/mol. The van der Waals surface area contributed by atoms with Gasteiger partial charge in [0, 0.05) is 18.0 Å². The van der Waals surface area contributed by atoms with Crippen LogP contribution >= 0.6 is 12.2 Å². The number of benzene rings is 1. The maximum atomic E-state index is 5.57. The van der Waals surface area contributed by atoms with Crippen LogP contribution in [0.4, 0.5) is 0 Å². The highest BCUT2D eigenvalue weighted by atomic mass is 32.1. The molecule has 0 amide bonds. The van der Waals surface area contributed by atoms with E-state index in [4.69, 9.17) is 21.7 Å². The molecule has 3 rings (SSSR count). The molecule has 5 heteroatoms. The first-order valence-corrected chi connectivity index (χ1v) is 8.94. The molecule has 1 fully saturated rings. The maximum Gasteiger partial charge on any atom is 0.231 e. The van der Waals surface area contributed by atoms with Crippen molar-refractivity contribution < 1.29 is 9.47 Å². The third kappa shape index (κ3) is 3.71. The minimum atomic E-state index is 0.127. The molecule has 0 saturated heterocycles. The lowest BCUT2D eigenvalue weighted by Gasteiger charge is -2.38. The second-order valence-corrected chi connectivity index (χ2v) is 7.30. The lowest BCUT2D eigenvalue weighted by molar-refractivity contribution is 0.174. The molecule has 0 spiro atoms. The molecule has 2 N–H and O–H groups in total. The number of rotatable bonds is 4. The molecule has 1 aliphatic heterocycles. The van der Waals surface area contributed by atoms with E-state index in [1.807, 2.05) is 6.07 Å². The highest BCUT2D eigenvalue weighted by Crippen LogP contribution is 2.43. The average molecular weight is 334 g/mol. The Balaban J connectivity index is 1.78. The summed E-state index contributed by atoms with van der Waals surface area (Å²) in [5, 5.41) is 7.45. The van der Waals surface area contributed by atoms with Gasteiger partial charge in [-0.1, -0.05) is 25.3 Å². The molecule has 0 unspecified atom stereocenters. The van der Waals surface area contributed by atoms with E-state index in [0.29, 0.717) is 12.8 Å². The number of nitrogens with one attached hydrogen (secondary N) is 2. The third-order valence-corrected chi connectivity index (χ3v) is 5.06. The Bertz CT molecular complexity index is 568. The van der Waals surface area contributed by atoms with E-state index in [2.05, 4.69) is 36.6 Å². The lowest BCUT2D eigenvalue weighted by atomic mass is 9.69. The van der Waals surface area contributed by atoms with Gasteiger partial charge in [-0.15, -0.1) is 0 Å². The highest BCUT2D eigenvalue weighted by molar-refractivity contribution is 7.80. The Hall–Kier alpha value is -1.49. The Labute approximate surface area is 143 Å². The van der Waals surface area contributed by atoms with Gasteiger partial charge in [0.2, 0.25) is 6.79 Å². The summed E-state index contributed by atoms with van der Waals surface area (Å²) in [6.07, 6.45) is 6.22. The number of thiocarbonyl (C=S) groups is 1. The van der Waals surface area contributed by atoms with Gasteiger partial charge in [-0.25, -0.2) is 0 Å². The standard InChI is InChI=1S/C18H26N2O2S/c1-13(2)20-17(23)19-11-18(8-4-3-5-9-18)14-6-7-15-16(10-14)22-12-21-15/h6-7,10,13H,3-5,8-9,11-12H2,1-2H3,(H2,19,20,23). The third-order valence-electron chi connectivity index (χ3n) is 4.80. The Morgan fingerprint density at radius 3 is 2.65 bits per heavy atom. The van der Waals surface area contributed by atoms with Crippen molar-refractivity contribution in [2.45, 2.75) is 57.4 Å². The van der Waals surface area contributed by atoms with Crippen molar-refractivity contribution in [1.82, 2.24) is 10.6 Å². The molecule has 2 aliphatic rings. The van der Waals surface area contributed by atoms with Crippen LogP contribution in [-0.4, -0.2) is 24.5 Å². The van der Waals surface area contributed by atoms with Crippen LogP contribution in [0.15, 0.2) is 18.2 Å². The van der Waals surface area contributed by atoms with Crippen LogP contribution in [-0.2, 0) is 5.41 Å².